The van der Waals surface area contributed by atoms with Gasteiger partial charge in [-0.25, -0.2) is 0 Å². The number of aromatic nitrogens is 1. The predicted molar refractivity (Wildman–Crippen MR) is 59.8 cm³/mol. The monoisotopic (exact) mass is 459 g/mol. The molecule has 2 aliphatic rings. The Labute approximate surface area is 140 Å². The van der Waals surface area contributed by atoms with Gasteiger partial charge in [0.1, 0.15) is 0 Å². The van der Waals surface area contributed by atoms with Crippen molar-refractivity contribution in [2.75, 3.05) is 13.1 Å². The van der Waals surface area contributed by atoms with E-state index in [-0.39, 0.29) is 62.2 Å². The summed E-state index contributed by atoms with van der Waals surface area (Å²) in [6.07, 6.45) is 1.38. The first-order valence-electron chi connectivity index (χ1n) is 5.51. The van der Waals surface area contributed by atoms with Crippen molar-refractivity contribution in [3.8, 4) is 0 Å². The van der Waals surface area contributed by atoms with Gasteiger partial charge < -0.3 is 15.0 Å². The van der Waals surface area contributed by atoms with Crippen LogP contribution in [0.25, 0.3) is 0 Å². The number of hydrogen-bond donors (Lipinski definition) is 2. The Morgan fingerprint density at radius 2 is 2.06 bits per heavy atom. The van der Waals surface area contributed by atoms with Gasteiger partial charge in [0, 0.05) is 68.9 Å². The van der Waals surface area contributed by atoms with Crippen LogP contribution < -0.4 is 0 Å². The number of nitrogens with zero attached hydrogens (tertiary/aromatic N) is 1. The number of fused-ring (bicyclic) bond motifs is 1. The fourth-order valence-corrected chi connectivity index (χ4v) is 2.19. The molecule has 0 atom stereocenters. The molecule has 0 aromatic carbocycles. The van der Waals surface area contributed by atoms with E-state index in [1.165, 1.54) is 6.08 Å². The first kappa shape index (κ1) is 14.0. The number of aliphatic hydroxyl groups is 1. The Balaban J connectivity index is 0.00000120. The van der Waals surface area contributed by atoms with Crippen molar-refractivity contribution in [2.24, 2.45) is 0 Å². The maximum absolute atomic E-state index is 12.2. The molecular formula is C12H12AcN2O3. The third-order valence-corrected chi connectivity index (χ3v) is 3.27. The summed E-state index contributed by atoms with van der Waals surface area (Å²) in [7, 11) is 0. The molecule has 1 radical (unpaired) electrons. The summed E-state index contributed by atoms with van der Waals surface area (Å²) < 4.78 is 0. The van der Waals surface area contributed by atoms with E-state index in [0.717, 1.165) is 13.1 Å². The average Bonchev–Trinajstić information content (AvgIpc) is 3.08. The topological polar surface area (TPSA) is 73.2 Å². The van der Waals surface area contributed by atoms with Crippen molar-refractivity contribution >= 4 is 11.6 Å². The minimum atomic E-state index is -0.196. The van der Waals surface area contributed by atoms with Crippen LogP contribution in [0, 0.1) is 51.0 Å². The van der Waals surface area contributed by atoms with Gasteiger partial charge in [0.05, 0.1) is 23.6 Å². The van der Waals surface area contributed by atoms with Gasteiger partial charge in [-0.3, -0.25) is 9.59 Å². The zero-order chi connectivity index (χ0) is 12.2. The minimum absolute atomic E-state index is 0. The van der Waals surface area contributed by atoms with E-state index in [4.69, 9.17) is 5.11 Å². The molecule has 6 heteroatoms. The molecule has 0 spiro atoms. The first-order chi connectivity index (χ1) is 8.13. The molecule has 1 aromatic rings. The summed E-state index contributed by atoms with van der Waals surface area (Å²) in [4.78, 5) is 28.8. The van der Waals surface area contributed by atoms with E-state index in [9.17, 15) is 9.59 Å². The molecule has 2 heterocycles. The molecule has 2 N–H and O–H groups in total. The van der Waals surface area contributed by atoms with Gasteiger partial charge in [-0.1, -0.05) is 0 Å². The van der Waals surface area contributed by atoms with E-state index in [0.29, 0.717) is 28.2 Å². The van der Waals surface area contributed by atoms with Gasteiger partial charge in [-0.15, -0.1) is 0 Å². The van der Waals surface area contributed by atoms with Gasteiger partial charge in [-0.05, 0) is 12.5 Å². The number of Topliss-reactive ketones (excluding diaryl/α,β-unsaturated/α-hetero) is 1. The smallest absolute Gasteiger partial charge is 0.211 e. The molecule has 5 nitrogen and oxygen atoms in total. The fourth-order valence-electron chi connectivity index (χ4n) is 2.19. The van der Waals surface area contributed by atoms with Gasteiger partial charge in [0.25, 0.3) is 0 Å². The third-order valence-electron chi connectivity index (χ3n) is 3.27. The zero-order valence-electron chi connectivity index (χ0n) is 9.99. The SMILES string of the molecule is Cc1c(CO)[nH]c2c1C(=O)C(N1CC1)=CC2=O.[Ac]. The maximum Gasteiger partial charge on any atom is 0.211 e. The quantitative estimate of drug-likeness (QED) is 0.629. The summed E-state index contributed by atoms with van der Waals surface area (Å²) in [5.41, 5.74) is 2.42. The van der Waals surface area contributed by atoms with Gasteiger partial charge in [0.15, 0.2) is 0 Å². The van der Waals surface area contributed by atoms with Crippen molar-refractivity contribution in [1.82, 2.24) is 9.88 Å². The summed E-state index contributed by atoms with van der Waals surface area (Å²) in [6, 6.07) is 0. The Hall–Kier alpha value is -0.438. The van der Waals surface area contributed by atoms with Crippen LogP contribution in [0.15, 0.2) is 11.8 Å². The molecule has 18 heavy (non-hydrogen) atoms. The third kappa shape index (κ3) is 2.01. The second-order valence-electron chi connectivity index (χ2n) is 4.35. The van der Waals surface area contributed by atoms with Crippen LogP contribution in [0.1, 0.15) is 32.1 Å². The Bertz CT molecular complexity index is 570. The normalized spacial score (nSPS) is 17.2. The Morgan fingerprint density at radius 3 is 2.61 bits per heavy atom. The summed E-state index contributed by atoms with van der Waals surface area (Å²) >= 11 is 0. The van der Waals surface area contributed by atoms with E-state index in [1.807, 2.05) is 4.90 Å². The van der Waals surface area contributed by atoms with Crippen LogP contribution in [0.2, 0.25) is 0 Å². The fraction of sp³-hybridized carbons (Fsp3) is 0.333. The molecule has 0 amide bonds. The minimum Gasteiger partial charge on any atom is -0.390 e. The molecule has 1 saturated heterocycles. The Morgan fingerprint density at radius 1 is 1.39 bits per heavy atom. The molecule has 0 bridgehead atoms. The van der Waals surface area contributed by atoms with Gasteiger partial charge >= 0.3 is 0 Å². The number of aromatic amines is 1. The molecule has 0 saturated carbocycles. The van der Waals surface area contributed by atoms with Crippen LogP contribution in [0.3, 0.4) is 0 Å². The molecule has 1 fully saturated rings. The van der Waals surface area contributed by atoms with Crippen LogP contribution in [-0.2, 0) is 6.61 Å². The second-order valence-corrected chi connectivity index (χ2v) is 4.35. The molecule has 1 aliphatic carbocycles. The Kier molecular flexibility index (Phi) is 3.82. The van der Waals surface area contributed by atoms with Crippen molar-refractivity contribution in [3.05, 3.63) is 34.3 Å². The van der Waals surface area contributed by atoms with E-state index in [2.05, 4.69) is 4.98 Å². The number of hydrogen-bond acceptors (Lipinski definition) is 4. The van der Waals surface area contributed by atoms with E-state index in [1.54, 1.807) is 6.92 Å². The number of carbonyl (C=O) groups is 2. The van der Waals surface area contributed by atoms with Crippen molar-refractivity contribution in [2.45, 2.75) is 13.5 Å². The summed E-state index contributed by atoms with van der Waals surface area (Å²) in [6.45, 7) is 3.21. The van der Waals surface area contributed by atoms with E-state index >= 15 is 0 Å². The van der Waals surface area contributed by atoms with Crippen LogP contribution in [0.5, 0.6) is 0 Å². The number of nitrogens with one attached hydrogen (secondary N) is 1. The number of rotatable bonds is 2. The van der Waals surface area contributed by atoms with Crippen molar-refractivity contribution in [1.29, 1.82) is 0 Å². The van der Waals surface area contributed by atoms with Crippen molar-refractivity contribution < 1.29 is 58.8 Å². The predicted octanol–water partition coefficient (Wildman–Crippen LogP) is 0.394. The molecule has 91 valence electrons. The number of allylic oxidation sites excluding steroid dienone is 2. The number of aliphatic hydroxyl groups excluding tert-OH is 1. The molecule has 0 unspecified atom stereocenters. The van der Waals surface area contributed by atoms with Crippen LogP contribution in [0.4, 0.5) is 0 Å². The van der Waals surface area contributed by atoms with Gasteiger partial charge in [0.2, 0.25) is 11.6 Å². The maximum atomic E-state index is 12.2. The molecule has 3 rings (SSSR count). The van der Waals surface area contributed by atoms with Gasteiger partial charge in [-0.2, -0.15) is 0 Å². The van der Waals surface area contributed by atoms with Crippen LogP contribution >= 0.6 is 0 Å². The molecule has 1 aromatic heterocycles. The number of H-pyrrole nitrogens is 1. The molecular weight excluding hydrogens is 447 g/mol. The summed E-state index contributed by atoms with van der Waals surface area (Å²) in [5, 5.41) is 9.15. The first-order valence-corrected chi connectivity index (χ1v) is 5.51. The molecule has 1 aliphatic heterocycles. The van der Waals surface area contributed by atoms with E-state index < -0.39 is 0 Å². The second kappa shape index (κ2) is 4.92. The summed E-state index contributed by atoms with van der Waals surface area (Å²) in [5.74, 6) is -0.310. The average molecular weight is 459 g/mol. The largest absolute Gasteiger partial charge is 0.390 e. The standard InChI is InChI=1S/C12H12N2O3.Ac/c1-6-7(5-15)13-11-9(16)4-8(14-2-3-14)12(17)10(6)11;/h4,13,15H,2-3,5H2,1H3;. The van der Waals surface area contributed by atoms with Crippen molar-refractivity contribution in [3.63, 3.8) is 0 Å². The number of ketones is 2. The van der Waals surface area contributed by atoms with Crippen LogP contribution in [-0.4, -0.2) is 39.6 Å². The number of carbonyl (C=O) groups excluding carboxylic acids is 2. The zero-order valence-corrected chi connectivity index (χ0v) is 14.7.